The molecule has 2 aromatic rings. The van der Waals surface area contributed by atoms with Crippen molar-refractivity contribution in [1.29, 1.82) is 0 Å². The van der Waals surface area contributed by atoms with E-state index in [1.165, 1.54) is 0 Å². The van der Waals surface area contributed by atoms with E-state index in [0.717, 1.165) is 5.56 Å². The number of hydrogen-bond acceptors (Lipinski definition) is 2. The smallest absolute Gasteiger partial charge is 0.325 e. The van der Waals surface area contributed by atoms with Gasteiger partial charge in [-0.05, 0) is 24.1 Å². The number of carbonyl (C=O) groups excluding carboxylic acids is 1. The van der Waals surface area contributed by atoms with Crippen LogP contribution in [0.4, 0.5) is 18.9 Å². The fourth-order valence-electron chi connectivity index (χ4n) is 1.97. The van der Waals surface area contributed by atoms with Gasteiger partial charge in [-0.25, -0.2) is 0 Å². The van der Waals surface area contributed by atoms with E-state index >= 15 is 0 Å². The van der Waals surface area contributed by atoms with Crippen LogP contribution in [0.2, 0.25) is 0 Å². The number of hydrogen-bond donors (Lipinski definition) is 1. The van der Waals surface area contributed by atoms with Crippen molar-refractivity contribution in [2.75, 3.05) is 11.1 Å². The molecule has 0 heterocycles. The molecule has 0 aromatic heterocycles. The Labute approximate surface area is 137 Å². The van der Waals surface area contributed by atoms with Gasteiger partial charge in [0.15, 0.2) is 0 Å². The van der Waals surface area contributed by atoms with Crippen LogP contribution in [0.5, 0.6) is 0 Å². The van der Waals surface area contributed by atoms with Gasteiger partial charge in [0.05, 0.1) is 11.4 Å². The van der Waals surface area contributed by atoms with E-state index in [1.807, 2.05) is 30.3 Å². The van der Waals surface area contributed by atoms with Crippen LogP contribution in [-0.2, 0) is 11.2 Å². The Morgan fingerprint density at radius 3 is 2.35 bits per heavy atom. The second kappa shape index (κ2) is 8.06. The minimum absolute atomic E-state index is 0.214. The number of amides is 1. The van der Waals surface area contributed by atoms with Crippen molar-refractivity contribution < 1.29 is 18.0 Å². The lowest BCUT2D eigenvalue weighted by atomic mass is 10.1. The van der Waals surface area contributed by atoms with Gasteiger partial charge in [-0.15, -0.1) is 11.8 Å². The molecule has 1 amide bonds. The number of benzene rings is 2. The molecular formula is C17H16F3NOS. The highest BCUT2D eigenvalue weighted by Gasteiger charge is 2.27. The largest absolute Gasteiger partial charge is 0.398 e. The molecule has 0 fully saturated rings. The lowest BCUT2D eigenvalue weighted by Crippen LogP contribution is -2.14. The van der Waals surface area contributed by atoms with Gasteiger partial charge in [0.2, 0.25) is 5.91 Å². The lowest BCUT2D eigenvalue weighted by Gasteiger charge is -2.12. The zero-order valence-electron chi connectivity index (χ0n) is 12.3. The van der Waals surface area contributed by atoms with E-state index < -0.39 is 11.9 Å². The van der Waals surface area contributed by atoms with Crippen LogP contribution < -0.4 is 5.32 Å². The molecule has 6 heteroatoms. The number of para-hydroxylation sites is 1. The van der Waals surface area contributed by atoms with Crippen molar-refractivity contribution in [1.82, 2.24) is 0 Å². The molecule has 23 heavy (non-hydrogen) atoms. The van der Waals surface area contributed by atoms with Crippen LogP contribution in [-0.4, -0.2) is 17.8 Å². The van der Waals surface area contributed by atoms with Crippen molar-refractivity contribution in [2.24, 2.45) is 0 Å². The van der Waals surface area contributed by atoms with E-state index in [1.54, 1.807) is 24.3 Å². The van der Waals surface area contributed by atoms with E-state index in [2.05, 4.69) is 5.32 Å². The number of nitrogens with one attached hydrogen (secondary N) is 1. The van der Waals surface area contributed by atoms with Crippen molar-refractivity contribution in [3.63, 3.8) is 0 Å². The first-order valence-corrected chi connectivity index (χ1v) is 8.05. The number of anilines is 1. The molecule has 0 saturated heterocycles. The Bertz CT molecular complexity index is 644. The number of aryl methyl sites for hydroxylation is 1. The van der Waals surface area contributed by atoms with Gasteiger partial charge in [-0.1, -0.05) is 42.5 Å². The summed E-state index contributed by atoms with van der Waals surface area (Å²) in [5.41, 5.74) is 1.46. The molecule has 0 spiro atoms. The summed E-state index contributed by atoms with van der Waals surface area (Å²) in [4.78, 5) is 12.4. The number of alkyl halides is 3. The molecular weight excluding hydrogens is 323 g/mol. The van der Waals surface area contributed by atoms with Gasteiger partial charge in [0.25, 0.3) is 0 Å². The summed E-state index contributed by atoms with van der Waals surface area (Å²) in [5, 5.41) is 2.69. The van der Waals surface area contributed by atoms with Crippen LogP contribution >= 0.6 is 11.8 Å². The van der Waals surface area contributed by atoms with Crippen molar-refractivity contribution in [3.05, 3.63) is 60.2 Å². The second-order valence-corrected chi connectivity index (χ2v) is 5.95. The minimum Gasteiger partial charge on any atom is -0.325 e. The molecule has 0 aliphatic carbocycles. The van der Waals surface area contributed by atoms with Crippen LogP contribution in [0.1, 0.15) is 12.0 Å². The van der Waals surface area contributed by atoms with Crippen LogP contribution in [0.15, 0.2) is 59.5 Å². The molecule has 0 saturated carbocycles. The van der Waals surface area contributed by atoms with Gasteiger partial charge < -0.3 is 5.32 Å². The molecule has 0 radical (unpaired) electrons. The Balaban J connectivity index is 1.92. The fourth-order valence-corrected chi connectivity index (χ4v) is 2.74. The summed E-state index contributed by atoms with van der Waals surface area (Å²) >= 11 is 0.671. The predicted molar refractivity (Wildman–Crippen MR) is 86.6 cm³/mol. The zero-order valence-corrected chi connectivity index (χ0v) is 13.1. The zero-order chi connectivity index (χ0) is 16.7. The van der Waals surface area contributed by atoms with E-state index in [-0.39, 0.29) is 12.3 Å². The maximum atomic E-state index is 12.3. The molecule has 2 nitrogen and oxygen atoms in total. The monoisotopic (exact) mass is 339 g/mol. The highest BCUT2D eigenvalue weighted by Crippen LogP contribution is 2.32. The number of rotatable bonds is 6. The summed E-state index contributed by atoms with van der Waals surface area (Å²) in [6.07, 6.45) is -3.37. The van der Waals surface area contributed by atoms with Gasteiger partial charge in [0.1, 0.15) is 0 Å². The first kappa shape index (κ1) is 17.4. The first-order valence-electron chi connectivity index (χ1n) is 7.06. The Morgan fingerprint density at radius 1 is 1.00 bits per heavy atom. The van der Waals surface area contributed by atoms with Gasteiger partial charge in [0, 0.05) is 11.3 Å². The third-order valence-corrected chi connectivity index (χ3v) is 4.17. The first-order chi connectivity index (χ1) is 10.9. The fraction of sp³-hybridized carbons (Fsp3) is 0.235. The second-order valence-electron chi connectivity index (χ2n) is 4.93. The Morgan fingerprint density at radius 2 is 1.65 bits per heavy atom. The summed E-state index contributed by atoms with van der Waals surface area (Å²) in [7, 11) is 0. The molecule has 0 unspecified atom stereocenters. The Hall–Kier alpha value is -1.95. The molecule has 0 aliphatic heterocycles. The number of halogens is 3. The summed E-state index contributed by atoms with van der Waals surface area (Å²) in [6, 6.07) is 16.1. The summed E-state index contributed by atoms with van der Waals surface area (Å²) < 4.78 is 37.0. The highest BCUT2D eigenvalue weighted by molar-refractivity contribution is 7.99. The third kappa shape index (κ3) is 6.36. The normalized spacial score (nSPS) is 11.3. The van der Waals surface area contributed by atoms with Gasteiger partial charge in [-0.2, -0.15) is 13.2 Å². The van der Waals surface area contributed by atoms with E-state index in [4.69, 9.17) is 0 Å². The maximum Gasteiger partial charge on any atom is 0.398 e. The molecule has 0 aliphatic rings. The third-order valence-electron chi connectivity index (χ3n) is 3.04. The maximum absolute atomic E-state index is 12.3. The van der Waals surface area contributed by atoms with E-state index in [0.29, 0.717) is 28.8 Å². The Kier molecular flexibility index (Phi) is 6.10. The highest BCUT2D eigenvalue weighted by atomic mass is 32.2. The standard InChI is InChI=1S/C17H16F3NOS/c18-17(19,20)12-23-15-9-5-4-8-14(15)21-16(22)11-10-13-6-2-1-3-7-13/h1-9H,10-12H2,(H,21,22). The van der Waals surface area contributed by atoms with E-state index in [9.17, 15) is 18.0 Å². The quantitative estimate of drug-likeness (QED) is 0.758. The van der Waals surface area contributed by atoms with Gasteiger partial charge >= 0.3 is 6.18 Å². The molecule has 0 bridgehead atoms. The molecule has 0 atom stereocenters. The van der Waals surface area contributed by atoms with Crippen LogP contribution in [0.25, 0.3) is 0 Å². The van der Waals surface area contributed by atoms with Crippen molar-refractivity contribution >= 4 is 23.4 Å². The molecule has 122 valence electrons. The lowest BCUT2D eigenvalue weighted by molar-refractivity contribution is -0.116. The minimum atomic E-state index is -4.24. The molecule has 1 N–H and O–H groups in total. The van der Waals surface area contributed by atoms with Crippen molar-refractivity contribution in [2.45, 2.75) is 23.9 Å². The summed E-state index contributed by atoms with van der Waals surface area (Å²) in [6.45, 7) is 0. The topological polar surface area (TPSA) is 29.1 Å². The predicted octanol–water partition coefficient (Wildman–Crippen LogP) is 4.91. The number of carbonyl (C=O) groups is 1. The molecule has 2 aromatic carbocycles. The van der Waals surface area contributed by atoms with Crippen LogP contribution in [0.3, 0.4) is 0 Å². The van der Waals surface area contributed by atoms with Crippen LogP contribution in [0, 0.1) is 0 Å². The number of thioether (sulfide) groups is 1. The average Bonchev–Trinajstić information content (AvgIpc) is 2.52. The SMILES string of the molecule is O=C(CCc1ccccc1)Nc1ccccc1SCC(F)(F)F. The van der Waals surface area contributed by atoms with Gasteiger partial charge in [-0.3, -0.25) is 4.79 Å². The van der Waals surface area contributed by atoms with Crippen molar-refractivity contribution in [3.8, 4) is 0 Å². The molecule has 2 rings (SSSR count). The average molecular weight is 339 g/mol. The summed E-state index contributed by atoms with van der Waals surface area (Å²) in [5.74, 6) is -1.20.